The van der Waals surface area contributed by atoms with Crippen LogP contribution in [0.15, 0.2) is 114 Å². The average molecular weight is 580 g/mol. The van der Waals surface area contributed by atoms with E-state index in [9.17, 15) is 14.4 Å². The molecule has 0 radical (unpaired) electrons. The number of hydrogen-bond acceptors (Lipinski definition) is 5. The fourth-order valence-corrected chi connectivity index (χ4v) is 5.08. The third-order valence-electron chi connectivity index (χ3n) is 6.32. The average Bonchev–Trinajstić information content (AvgIpc) is 3.01. The van der Waals surface area contributed by atoms with E-state index in [4.69, 9.17) is 4.74 Å². The molecule has 0 spiro atoms. The molecule has 0 aliphatic heterocycles. The molecule has 0 heterocycles. The summed E-state index contributed by atoms with van der Waals surface area (Å²) in [4.78, 5) is 40.2. The van der Waals surface area contributed by atoms with Gasteiger partial charge in [0.25, 0.3) is 11.8 Å². The lowest BCUT2D eigenvalue weighted by atomic mass is 10.1. The number of amides is 3. The van der Waals surface area contributed by atoms with Crippen LogP contribution in [0.25, 0.3) is 6.08 Å². The van der Waals surface area contributed by atoms with Crippen molar-refractivity contribution in [3.63, 3.8) is 0 Å². The van der Waals surface area contributed by atoms with Gasteiger partial charge >= 0.3 is 0 Å². The topological polar surface area (TPSA) is 96.5 Å². The minimum Gasteiger partial charge on any atom is -0.495 e. The number of methoxy groups -OCH3 is 1. The van der Waals surface area contributed by atoms with E-state index in [1.807, 2.05) is 74.5 Å². The van der Waals surface area contributed by atoms with E-state index < -0.39 is 5.91 Å². The number of para-hydroxylation sites is 2. The van der Waals surface area contributed by atoms with Crippen molar-refractivity contribution >= 4 is 46.9 Å². The maximum atomic E-state index is 13.4. The van der Waals surface area contributed by atoms with Crippen LogP contribution >= 0.6 is 11.8 Å². The predicted octanol–water partition coefficient (Wildman–Crippen LogP) is 6.92. The van der Waals surface area contributed by atoms with E-state index in [2.05, 4.69) is 16.0 Å². The maximum absolute atomic E-state index is 13.4. The van der Waals surface area contributed by atoms with Gasteiger partial charge in [-0.3, -0.25) is 14.4 Å². The van der Waals surface area contributed by atoms with E-state index >= 15 is 0 Å². The van der Waals surface area contributed by atoms with Gasteiger partial charge in [0.1, 0.15) is 11.4 Å². The number of carbonyl (C=O) groups excluding carboxylic acids is 3. The highest BCUT2D eigenvalue weighted by Crippen LogP contribution is 2.30. The molecule has 214 valence electrons. The largest absolute Gasteiger partial charge is 0.495 e. The van der Waals surface area contributed by atoms with Crippen molar-refractivity contribution in [1.29, 1.82) is 0 Å². The highest BCUT2D eigenvalue weighted by atomic mass is 32.2. The van der Waals surface area contributed by atoms with Crippen molar-refractivity contribution in [2.24, 2.45) is 0 Å². The van der Waals surface area contributed by atoms with E-state index in [1.165, 1.54) is 11.8 Å². The van der Waals surface area contributed by atoms with Crippen molar-refractivity contribution in [2.45, 2.75) is 30.4 Å². The fourth-order valence-electron chi connectivity index (χ4n) is 4.06. The minimum absolute atomic E-state index is 0.105. The Labute approximate surface area is 250 Å². The molecule has 7 nitrogen and oxygen atoms in total. The first-order valence-corrected chi connectivity index (χ1v) is 14.4. The second-order valence-corrected chi connectivity index (χ2v) is 10.8. The summed E-state index contributed by atoms with van der Waals surface area (Å²) in [6.07, 6.45) is 2.24. The van der Waals surface area contributed by atoms with Crippen molar-refractivity contribution in [2.75, 3.05) is 17.7 Å². The van der Waals surface area contributed by atoms with Gasteiger partial charge in [-0.05, 0) is 67.4 Å². The Bertz CT molecular complexity index is 1570. The molecule has 4 aromatic carbocycles. The Kier molecular flexibility index (Phi) is 10.6. The molecule has 3 N–H and O–H groups in total. The summed E-state index contributed by atoms with van der Waals surface area (Å²) in [6.45, 7) is 3.93. The molecule has 0 aliphatic carbocycles. The molecule has 1 atom stereocenters. The number of benzene rings is 4. The third kappa shape index (κ3) is 8.34. The Morgan fingerprint density at radius 2 is 1.57 bits per heavy atom. The number of hydrogen-bond donors (Lipinski definition) is 3. The number of carbonyl (C=O) groups is 3. The lowest BCUT2D eigenvalue weighted by molar-refractivity contribution is -0.116. The SMILES string of the molecule is CCC(Sc1cccc(NC(=O)/C(=C/c2ccc(C)cc2)NC(=O)c2ccccc2)c1)C(=O)Nc1ccccc1OC. The summed E-state index contributed by atoms with van der Waals surface area (Å²) < 4.78 is 5.35. The molecule has 0 aliphatic rings. The highest BCUT2D eigenvalue weighted by Gasteiger charge is 2.20. The summed E-state index contributed by atoms with van der Waals surface area (Å²) in [5, 5.41) is 8.23. The van der Waals surface area contributed by atoms with E-state index in [0.717, 1.165) is 16.0 Å². The Balaban J connectivity index is 1.50. The second kappa shape index (κ2) is 14.7. The lowest BCUT2D eigenvalue weighted by Gasteiger charge is -2.17. The quantitative estimate of drug-likeness (QED) is 0.132. The number of anilines is 2. The van der Waals surface area contributed by atoms with Gasteiger partial charge in [0, 0.05) is 16.1 Å². The lowest BCUT2D eigenvalue weighted by Crippen LogP contribution is -2.30. The molecule has 42 heavy (non-hydrogen) atoms. The van der Waals surface area contributed by atoms with Gasteiger partial charge in [-0.15, -0.1) is 11.8 Å². The van der Waals surface area contributed by atoms with Crippen molar-refractivity contribution in [3.05, 3.63) is 126 Å². The normalized spacial score (nSPS) is 11.7. The smallest absolute Gasteiger partial charge is 0.272 e. The van der Waals surface area contributed by atoms with Crippen molar-refractivity contribution < 1.29 is 19.1 Å². The molecular weight excluding hydrogens is 546 g/mol. The van der Waals surface area contributed by atoms with Crippen LogP contribution in [0.5, 0.6) is 5.75 Å². The molecule has 0 saturated heterocycles. The van der Waals surface area contributed by atoms with Gasteiger partial charge < -0.3 is 20.7 Å². The van der Waals surface area contributed by atoms with Crippen LogP contribution in [0.3, 0.4) is 0 Å². The molecule has 3 amide bonds. The van der Waals surface area contributed by atoms with Gasteiger partial charge in [0.15, 0.2) is 0 Å². The van der Waals surface area contributed by atoms with E-state index in [1.54, 1.807) is 55.7 Å². The first-order valence-electron chi connectivity index (χ1n) is 13.5. The molecule has 0 bridgehead atoms. The van der Waals surface area contributed by atoms with Crippen LogP contribution in [0.4, 0.5) is 11.4 Å². The molecule has 4 rings (SSSR count). The molecule has 0 fully saturated rings. The zero-order valence-electron chi connectivity index (χ0n) is 23.7. The van der Waals surface area contributed by atoms with Crippen LogP contribution in [-0.2, 0) is 9.59 Å². The molecule has 0 saturated carbocycles. The number of rotatable bonds is 11. The first-order chi connectivity index (χ1) is 20.4. The molecule has 4 aromatic rings. The Morgan fingerprint density at radius 3 is 2.29 bits per heavy atom. The fraction of sp³-hybridized carbons (Fsp3) is 0.147. The van der Waals surface area contributed by atoms with E-state index in [-0.39, 0.29) is 22.8 Å². The number of ether oxygens (including phenoxy) is 1. The second-order valence-electron chi connectivity index (χ2n) is 9.48. The van der Waals surface area contributed by atoms with Crippen LogP contribution in [-0.4, -0.2) is 30.1 Å². The van der Waals surface area contributed by atoms with E-state index in [0.29, 0.717) is 29.1 Å². The summed E-state index contributed by atoms with van der Waals surface area (Å²) >= 11 is 1.40. The molecule has 8 heteroatoms. The molecule has 0 aromatic heterocycles. The van der Waals surface area contributed by atoms with Gasteiger partial charge in [-0.25, -0.2) is 0 Å². The summed E-state index contributed by atoms with van der Waals surface area (Å²) in [6, 6.07) is 30.9. The summed E-state index contributed by atoms with van der Waals surface area (Å²) in [7, 11) is 1.56. The molecule has 1 unspecified atom stereocenters. The zero-order chi connectivity index (χ0) is 29.9. The number of nitrogens with one attached hydrogen (secondary N) is 3. The van der Waals surface area contributed by atoms with Crippen LogP contribution < -0.4 is 20.7 Å². The maximum Gasteiger partial charge on any atom is 0.272 e. The number of aryl methyl sites for hydroxylation is 1. The molecular formula is C34H33N3O4S. The van der Waals surface area contributed by atoms with Gasteiger partial charge in [-0.1, -0.05) is 73.2 Å². The van der Waals surface area contributed by atoms with Crippen LogP contribution in [0, 0.1) is 6.92 Å². The number of thioether (sulfide) groups is 1. The van der Waals surface area contributed by atoms with Crippen LogP contribution in [0.1, 0.15) is 34.8 Å². The van der Waals surface area contributed by atoms with Gasteiger partial charge in [-0.2, -0.15) is 0 Å². The van der Waals surface area contributed by atoms with Crippen molar-refractivity contribution in [1.82, 2.24) is 5.32 Å². The van der Waals surface area contributed by atoms with Gasteiger partial charge in [0.05, 0.1) is 18.0 Å². The predicted molar refractivity (Wildman–Crippen MR) is 170 cm³/mol. The highest BCUT2D eigenvalue weighted by molar-refractivity contribution is 8.00. The van der Waals surface area contributed by atoms with Gasteiger partial charge in [0.2, 0.25) is 5.91 Å². The zero-order valence-corrected chi connectivity index (χ0v) is 24.5. The standard InChI is InChI=1S/C34H33N3O4S/c1-4-31(34(40)36-28-15-8-9-16-30(28)41-3)42-27-14-10-13-26(22-27)35-33(39)29(21-24-19-17-23(2)18-20-24)37-32(38)25-11-6-5-7-12-25/h5-22,31H,4H2,1-3H3,(H,35,39)(H,36,40)(H,37,38)/b29-21-. The third-order valence-corrected chi connectivity index (χ3v) is 7.67. The monoisotopic (exact) mass is 579 g/mol. The first kappa shape index (κ1) is 30.1. The van der Waals surface area contributed by atoms with Crippen molar-refractivity contribution in [3.8, 4) is 5.75 Å². The Hall–Kier alpha value is -4.82. The summed E-state index contributed by atoms with van der Waals surface area (Å²) in [5.41, 5.74) is 3.55. The minimum atomic E-state index is -0.469. The summed E-state index contributed by atoms with van der Waals surface area (Å²) in [5.74, 6) is -0.416. The Morgan fingerprint density at radius 1 is 0.857 bits per heavy atom. The van der Waals surface area contributed by atoms with Crippen LogP contribution in [0.2, 0.25) is 0 Å².